The summed E-state index contributed by atoms with van der Waals surface area (Å²) in [5, 5.41) is 6.83. The Bertz CT molecular complexity index is 1080. The van der Waals surface area contributed by atoms with Crippen molar-refractivity contribution < 1.29 is 2.85 Å². The van der Waals surface area contributed by atoms with Crippen molar-refractivity contribution in [2.45, 2.75) is 55.4 Å². The molecule has 0 saturated carbocycles. The molecule has 4 nitrogen and oxygen atoms in total. The van der Waals surface area contributed by atoms with Gasteiger partial charge in [-0.2, -0.15) is 9.98 Å². The summed E-state index contributed by atoms with van der Waals surface area (Å²) >= 11 is 0. The summed E-state index contributed by atoms with van der Waals surface area (Å²) in [4.78, 5) is 8.46. The van der Waals surface area contributed by atoms with E-state index < -0.39 is 0 Å². The molecule has 0 aliphatic rings. The molecule has 0 amide bonds. The van der Waals surface area contributed by atoms with E-state index >= 15 is 0 Å². The van der Waals surface area contributed by atoms with Crippen LogP contribution in [0.1, 0.15) is 58.2 Å². The Balaban J connectivity index is -0.000000272. The van der Waals surface area contributed by atoms with E-state index in [1.165, 1.54) is 0 Å². The SMILES string of the molecule is C#CC#CC#CC(C#CC#CC#C)=Nc1n[nH]c(-c2ccccc2)n1.CC.CC.CC.CC.[HH].[HH]. The zero-order valence-corrected chi connectivity index (χ0v) is 20.9. The van der Waals surface area contributed by atoms with Gasteiger partial charge in [0.15, 0.2) is 11.5 Å². The van der Waals surface area contributed by atoms with Gasteiger partial charge in [-0.05, 0) is 59.2 Å². The zero-order chi connectivity index (χ0) is 25.7. The van der Waals surface area contributed by atoms with Crippen molar-refractivity contribution in [2.75, 3.05) is 0 Å². The van der Waals surface area contributed by atoms with Gasteiger partial charge in [-0.1, -0.05) is 85.7 Å². The molecule has 33 heavy (non-hydrogen) atoms. The van der Waals surface area contributed by atoms with Crippen LogP contribution in [0.25, 0.3) is 11.4 Å². The molecule has 0 aliphatic heterocycles. The first-order valence-corrected chi connectivity index (χ1v) is 10.8. The van der Waals surface area contributed by atoms with Crippen molar-refractivity contribution in [1.82, 2.24) is 15.2 Å². The second-order valence-corrected chi connectivity index (χ2v) is 4.10. The van der Waals surface area contributed by atoms with Gasteiger partial charge in [-0.25, -0.2) is 0 Å². The molecule has 0 fully saturated rings. The van der Waals surface area contributed by atoms with Gasteiger partial charge in [0.1, 0.15) is 0 Å². The monoisotopic (exact) mass is 440 g/mol. The summed E-state index contributed by atoms with van der Waals surface area (Å²) in [6.07, 6.45) is 10.1. The minimum Gasteiger partial charge on any atom is -0.257 e. The van der Waals surface area contributed by atoms with E-state index in [2.05, 4.69) is 79.4 Å². The van der Waals surface area contributed by atoms with E-state index in [-0.39, 0.29) is 14.5 Å². The molecular weight excluding hydrogens is 404 g/mol. The van der Waals surface area contributed by atoms with Crippen LogP contribution in [0.2, 0.25) is 0 Å². The molecule has 1 heterocycles. The van der Waals surface area contributed by atoms with Crippen LogP contribution in [0, 0.1) is 72.1 Å². The molecule has 1 aromatic heterocycles. The Labute approximate surface area is 204 Å². The third-order valence-electron chi connectivity index (χ3n) is 2.49. The first-order valence-electron chi connectivity index (χ1n) is 10.8. The van der Waals surface area contributed by atoms with Gasteiger partial charge < -0.3 is 0 Å². The van der Waals surface area contributed by atoms with E-state index in [4.69, 9.17) is 12.8 Å². The first-order chi connectivity index (χ1) is 16.3. The Hall–Kier alpha value is -4.61. The van der Waals surface area contributed by atoms with Crippen molar-refractivity contribution in [3.8, 4) is 83.4 Å². The molecule has 0 saturated heterocycles. The maximum Gasteiger partial charge on any atom is 0.270 e. The highest BCUT2D eigenvalue weighted by Gasteiger charge is 2.04. The molecule has 2 aromatic rings. The summed E-state index contributed by atoms with van der Waals surface area (Å²) in [7, 11) is 0. The Morgan fingerprint density at radius 2 is 1.24 bits per heavy atom. The van der Waals surface area contributed by atoms with Gasteiger partial charge in [0.25, 0.3) is 5.95 Å². The number of terminal acetylenes is 2. The highest BCUT2D eigenvalue weighted by Crippen LogP contribution is 2.16. The van der Waals surface area contributed by atoms with Crippen LogP contribution < -0.4 is 0 Å². The van der Waals surface area contributed by atoms with Crippen LogP contribution in [0.15, 0.2) is 35.3 Å². The van der Waals surface area contributed by atoms with Crippen LogP contribution in [-0.2, 0) is 0 Å². The fourth-order valence-electron chi connectivity index (χ4n) is 1.53. The molecule has 2 rings (SSSR count). The van der Waals surface area contributed by atoms with E-state index in [0.717, 1.165) is 5.56 Å². The number of hydrogen-bond donors (Lipinski definition) is 1. The van der Waals surface area contributed by atoms with Crippen molar-refractivity contribution >= 4 is 11.7 Å². The van der Waals surface area contributed by atoms with Gasteiger partial charge in [0.2, 0.25) is 0 Å². The lowest BCUT2D eigenvalue weighted by Crippen LogP contribution is -1.89. The molecule has 172 valence electrons. The number of aromatic nitrogens is 3. The number of H-pyrrole nitrogens is 1. The standard InChI is InChI=1S/C21H8N4.4C2H6.2H2/c1-3-5-7-12-16-19(17-13-8-6-4-2)22-21-23-20(24-25-21)18-14-10-9-11-15-18;4*1-2;;/h1-2,9-11,14-15H,(H,23,24,25);4*1-2H3;2*1H. The molecule has 0 unspecified atom stereocenters. The quantitative estimate of drug-likeness (QED) is 0.433. The van der Waals surface area contributed by atoms with E-state index in [0.29, 0.717) is 5.82 Å². The minimum absolute atomic E-state index is 0. The van der Waals surface area contributed by atoms with Gasteiger partial charge >= 0.3 is 0 Å². The largest absolute Gasteiger partial charge is 0.270 e. The van der Waals surface area contributed by atoms with Gasteiger partial charge in [-0.15, -0.1) is 17.9 Å². The van der Waals surface area contributed by atoms with Gasteiger partial charge in [-0.3, -0.25) is 5.10 Å². The van der Waals surface area contributed by atoms with Crippen LogP contribution >= 0.6 is 0 Å². The van der Waals surface area contributed by atoms with Crippen molar-refractivity contribution in [1.29, 1.82) is 0 Å². The number of aliphatic imine (C=N–C) groups is 1. The van der Waals surface area contributed by atoms with Gasteiger partial charge in [0, 0.05) is 8.42 Å². The average Bonchev–Trinajstić information content (AvgIpc) is 3.38. The summed E-state index contributed by atoms with van der Waals surface area (Å²) in [5.41, 5.74) is 1.08. The maximum atomic E-state index is 5.03. The molecule has 1 N–H and O–H groups in total. The molecule has 1 aromatic carbocycles. The minimum atomic E-state index is 0. The molecular formula is C29H36N4. The molecule has 0 aliphatic carbocycles. The van der Waals surface area contributed by atoms with Crippen molar-refractivity contribution in [2.24, 2.45) is 4.99 Å². The predicted octanol–water partition coefficient (Wildman–Crippen LogP) is 6.42. The summed E-state index contributed by atoms with van der Waals surface area (Å²) in [5.74, 6) is 25.2. The van der Waals surface area contributed by atoms with Crippen LogP contribution in [0.3, 0.4) is 0 Å². The fourth-order valence-corrected chi connectivity index (χ4v) is 1.53. The zero-order valence-electron chi connectivity index (χ0n) is 20.9. The van der Waals surface area contributed by atoms with Crippen molar-refractivity contribution in [3.05, 3.63) is 30.3 Å². The molecule has 0 spiro atoms. The average molecular weight is 441 g/mol. The number of nitrogens with one attached hydrogen (secondary N) is 1. The molecule has 4 heteroatoms. The Kier molecular flexibility index (Phi) is 27.4. The number of nitrogens with zero attached hydrogens (tertiary/aromatic N) is 3. The fraction of sp³-hybridized carbons (Fsp3) is 0.276. The summed E-state index contributed by atoms with van der Waals surface area (Å²) in [6, 6.07) is 9.52. The molecule has 0 atom stereocenters. The maximum absolute atomic E-state index is 5.03. The van der Waals surface area contributed by atoms with Crippen LogP contribution in [-0.4, -0.2) is 20.9 Å². The second kappa shape index (κ2) is 27.4. The lowest BCUT2D eigenvalue weighted by molar-refractivity contribution is 1.09. The third kappa shape index (κ3) is 16.8. The highest BCUT2D eigenvalue weighted by atomic mass is 15.3. The normalized spacial score (nSPS) is 6.36. The van der Waals surface area contributed by atoms with Crippen LogP contribution in [0.5, 0.6) is 0 Å². The molecule has 0 radical (unpaired) electrons. The second-order valence-electron chi connectivity index (χ2n) is 4.10. The predicted molar refractivity (Wildman–Crippen MR) is 147 cm³/mol. The Morgan fingerprint density at radius 3 is 1.70 bits per heavy atom. The van der Waals surface area contributed by atoms with E-state index in [1.54, 1.807) is 0 Å². The summed E-state index contributed by atoms with van der Waals surface area (Å²) < 4.78 is 0. The van der Waals surface area contributed by atoms with E-state index in [9.17, 15) is 0 Å². The molecule has 0 bridgehead atoms. The number of benzene rings is 1. The highest BCUT2D eigenvalue weighted by molar-refractivity contribution is 6.14. The summed E-state index contributed by atoms with van der Waals surface area (Å²) in [6.45, 7) is 16.0. The van der Waals surface area contributed by atoms with Crippen molar-refractivity contribution in [3.63, 3.8) is 0 Å². The lowest BCUT2D eigenvalue weighted by Gasteiger charge is -1.92. The first kappa shape index (κ1) is 33.0. The van der Waals surface area contributed by atoms with Gasteiger partial charge in [0.05, 0.1) is 0 Å². The smallest absolute Gasteiger partial charge is 0.257 e. The number of hydrogen-bond acceptors (Lipinski definition) is 3. The number of aromatic amines is 1. The van der Waals surface area contributed by atoms with E-state index in [1.807, 2.05) is 85.7 Å². The third-order valence-corrected chi connectivity index (χ3v) is 2.49. The number of rotatable bonds is 2. The van der Waals surface area contributed by atoms with Crippen LogP contribution in [0.4, 0.5) is 5.95 Å². The lowest BCUT2D eigenvalue weighted by atomic mass is 10.2. The Morgan fingerprint density at radius 1 is 0.758 bits per heavy atom. The topological polar surface area (TPSA) is 53.9 Å².